The van der Waals surface area contributed by atoms with Crippen molar-refractivity contribution in [2.24, 2.45) is 5.92 Å². The average molecular weight is 329 g/mol. The molecule has 1 heterocycles. The van der Waals surface area contributed by atoms with E-state index in [1.807, 2.05) is 12.4 Å². The zero-order valence-corrected chi connectivity index (χ0v) is 13.9. The first-order valence-corrected chi connectivity index (χ1v) is 7.73. The molecule has 1 aromatic rings. The molecular weight excluding hydrogens is 304 g/mol. The maximum Gasteiger partial charge on any atom is 0.0750 e. The first-order chi connectivity index (χ1) is 9.08. The molecule has 0 saturated heterocycles. The summed E-state index contributed by atoms with van der Waals surface area (Å²) in [5.74, 6) is 0.486. The van der Waals surface area contributed by atoms with Crippen LogP contribution in [-0.2, 0) is 11.2 Å². The largest absolute Gasteiger partial charge is 0.380 e. The van der Waals surface area contributed by atoms with Crippen LogP contribution < -0.4 is 5.32 Å². The van der Waals surface area contributed by atoms with E-state index in [0.29, 0.717) is 12.0 Å². The van der Waals surface area contributed by atoms with Gasteiger partial charge in [0.1, 0.15) is 0 Å². The quantitative estimate of drug-likeness (QED) is 0.793. The van der Waals surface area contributed by atoms with Gasteiger partial charge in [0.05, 0.1) is 6.10 Å². The highest BCUT2D eigenvalue weighted by Gasteiger charge is 2.24. The van der Waals surface area contributed by atoms with Crippen molar-refractivity contribution in [3.8, 4) is 0 Å². The third-order valence-corrected chi connectivity index (χ3v) is 3.63. The summed E-state index contributed by atoms with van der Waals surface area (Å²) >= 11 is 3.47. The lowest BCUT2D eigenvalue weighted by atomic mass is 9.94. The van der Waals surface area contributed by atoms with Gasteiger partial charge >= 0.3 is 0 Å². The van der Waals surface area contributed by atoms with Crippen LogP contribution in [0.25, 0.3) is 0 Å². The molecule has 0 aromatic carbocycles. The van der Waals surface area contributed by atoms with Gasteiger partial charge in [-0.15, -0.1) is 0 Å². The van der Waals surface area contributed by atoms with Crippen LogP contribution in [0.4, 0.5) is 0 Å². The number of hydrogen-bond acceptors (Lipinski definition) is 3. The Bertz CT molecular complexity index is 371. The number of aromatic nitrogens is 1. The second-order valence-corrected chi connectivity index (χ2v) is 6.14. The van der Waals surface area contributed by atoms with Crippen molar-refractivity contribution in [1.29, 1.82) is 0 Å². The first-order valence-electron chi connectivity index (χ1n) is 6.94. The standard InChI is InChI=1S/C15H25BrN2O/c1-5-6-18-14(15(19-4)11(2)3)8-12-7-13(16)10-17-9-12/h7,9-11,14-15,18H,5-6,8H2,1-4H3. The van der Waals surface area contributed by atoms with E-state index in [0.717, 1.165) is 23.9 Å². The van der Waals surface area contributed by atoms with Crippen LogP contribution in [0.3, 0.4) is 0 Å². The number of halogens is 1. The molecule has 0 amide bonds. The summed E-state index contributed by atoms with van der Waals surface area (Å²) in [4.78, 5) is 4.23. The van der Waals surface area contributed by atoms with Gasteiger partial charge in [-0.1, -0.05) is 20.8 Å². The molecule has 0 aliphatic carbocycles. The summed E-state index contributed by atoms with van der Waals surface area (Å²) in [7, 11) is 1.80. The van der Waals surface area contributed by atoms with Crippen molar-refractivity contribution in [2.75, 3.05) is 13.7 Å². The molecule has 0 aliphatic rings. The van der Waals surface area contributed by atoms with Gasteiger partial charge in [0.2, 0.25) is 0 Å². The third kappa shape index (κ3) is 5.59. The lowest BCUT2D eigenvalue weighted by Gasteiger charge is -2.30. The van der Waals surface area contributed by atoms with Crippen molar-refractivity contribution in [1.82, 2.24) is 10.3 Å². The fourth-order valence-electron chi connectivity index (χ4n) is 2.36. The molecule has 2 unspecified atom stereocenters. The van der Waals surface area contributed by atoms with Crippen LogP contribution in [0.1, 0.15) is 32.8 Å². The van der Waals surface area contributed by atoms with E-state index in [1.165, 1.54) is 5.56 Å². The minimum absolute atomic E-state index is 0.213. The number of ether oxygens (including phenoxy) is 1. The summed E-state index contributed by atoms with van der Waals surface area (Å²) in [6.45, 7) is 7.60. The summed E-state index contributed by atoms with van der Waals surface area (Å²) in [5, 5.41) is 3.60. The van der Waals surface area contributed by atoms with Gasteiger partial charge in [-0.05, 0) is 52.9 Å². The summed E-state index contributed by atoms with van der Waals surface area (Å²) in [5.41, 5.74) is 1.23. The highest BCUT2D eigenvalue weighted by Crippen LogP contribution is 2.17. The molecule has 19 heavy (non-hydrogen) atoms. The van der Waals surface area contributed by atoms with Gasteiger partial charge < -0.3 is 10.1 Å². The molecule has 1 rings (SSSR count). The number of rotatable bonds is 8. The lowest BCUT2D eigenvalue weighted by Crippen LogP contribution is -2.45. The predicted molar refractivity (Wildman–Crippen MR) is 83.4 cm³/mol. The fraction of sp³-hybridized carbons (Fsp3) is 0.667. The van der Waals surface area contributed by atoms with Crippen LogP contribution in [-0.4, -0.2) is 30.8 Å². The van der Waals surface area contributed by atoms with Crippen LogP contribution in [0.5, 0.6) is 0 Å². The van der Waals surface area contributed by atoms with Gasteiger partial charge in [0.25, 0.3) is 0 Å². The minimum Gasteiger partial charge on any atom is -0.380 e. The predicted octanol–water partition coefficient (Wildman–Crippen LogP) is 3.43. The van der Waals surface area contributed by atoms with Crippen LogP contribution in [0.2, 0.25) is 0 Å². The molecule has 4 heteroatoms. The molecular formula is C15H25BrN2O. The van der Waals surface area contributed by atoms with E-state index in [4.69, 9.17) is 4.74 Å². The normalized spacial score (nSPS) is 14.6. The number of nitrogens with zero attached hydrogens (tertiary/aromatic N) is 1. The molecule has 0 spiro atoms. The van der Waals surface area contributed by atoms with E-state index in [2.05, 4.69) is 53.1 Å². The van der Waals surface area contributed by atoms with E-state index in [-0.39, 0.29) is 6.10 Å². The molecule has 3 nitrogen and oxygen atoms in total. The zero-order chi connectivity index (χ0) is 14.3. The average Bonchev–Trinajstić information content (AvgIpc) is 2.36. The van der Waals surface area contributed by atoms with Crippen LogP contribution >= 0.6 is 15.9 Å². The summed E-state index contributed by atoms with van der Waals surface area (Å²) < 4.78 is 6.70. The molecule has 1 N–H and O–H groups in total. The van der Waals surface area contributed by atoms with Crippen molar-refractivity contribution >= 4 is 15.9 Å². The maximum absolute atomic E-state index is 5.68. The van der Waals surface area contributed by atoms with Crippen LogP contribution in [0.15, 0.2) is 22.9 Å². The second-order valence-electron chi connectivity index (χ2n) is 5.22. The Morgan fingerprint density at radius 1 is 1.37 bits per heavy atom. The highest BCUT2D eigenvalue weighted by atomic mass is 79.9. The summed E-state index contributed by atoms with van der Waals surface area (Å²) in [6, 6.07) is 2.45. The van der Waals surface area contributed by atoms with Gasteiger partial charge in [-0.25, -0.2) is 0 Å². The van der Waals surface area contributed by atoms with Crippen molar-refractivity contribution in [3.63, 3.8) is 0 Å². The van der Waals surface area contributed by atoms with Crippen molar-refractivity contribution < 1.29 is 4.74 Å². The zero-order valence-electron chi connectivity index (χ0n) is 12.3. The summed E-state index contributed by atoms with van der Waals surface area (Å²) in [6.07, 6.45) is 6.02. The molecule has 0 bridgehead atoms. The molecule has 0 aliphatic heterocycles. The van der Waals surface area contributed by atoms with E-state index in [9.17, 15) is 0 Å². The first kappa shape index (κ1) is 16.6. The highest BCUT2D eigenvalue weighted by molar-refractivity contribution is 9.10. The monoisotopic (exact) mass is 328 g/mol. The van der Waals surface area contributed by atoms with Crippen molar-refractivity contribution in [2.45, 2.75) is 45.8 Å². The topological polar surface area (TPSA) is 34.2 Å². The number of hydrogen-bond donors (Lipinski definition) is 1. The number of methoxy groups -OCH3 is 1. The van der Waals surface area contributed by atoms with Gasteiger partial charge in [0, 0.05) is 30.0 Å². The molecule has 108 valence electrons. The molecule has 0 fully saturated rings. The van der Waals surface area contributed by atoms with Gasteiger partial charge in [-0.2, -0.15) is 0 Å². The lowest BCUT2D eigenvalue weighted by molar-refractivity contribution is 0.0332. The number of nitrogens with one attached hydrogen (secondary N) is 1. The smallest absolute Gasteiger partial charge is 0.0750 e. The Morgan fingerprint density at radius 2 is 2.11 bits per heavy atom. The molecule has 1 aromatic heterocycles. The Balaban J connectivity index is 2.78. The Morgan fingerprint density at radius 3 is 2.63 bits per heavy atom. The number of pyridine rings is 1. The third-order valence-electron chi connectivity index (χ3n) is 3.20. The molecule has 2 atom stereocenters. The molecule has 0 radical (unpaired) electrons. The van der Waals surface area contributed by atoms with Crippen molar-refractivity contribution in [3.05, 3.63) is 28.5 Å². The minimum atomic E-state index is 0.213. The Hall–Kier alpha value is -0.450. The fourth-order valence-corrected chi connectivity index (χ4v) is 2.77. The molecule has 0 saturated carbocycles. The maximum atomic E-state index is 5.68. The van der Waals surface area contributed by atoms with Gasteiger partial charge in [-0.3, -0.25) is 4.98 Å². The van der Waals surface area contributed by atoms with E-state index >= 15 is 0 Å². The van der Waals surface area contributed by atoms with E-state index < -0.39 is 0 Å². The van der Waals surface area contributed by atoms with E-state index in [1.54, 1.807) is 7.11 Å². The SMILES string of the molecule is CCCNC(Cc1cncc(Br)c1)C(OC)C(C)C. The Labute approximate surface area is 125 Å². The van der Waals surface area contributed by atoms with Crippen LogP contribution in [0, 0.1) is 5.92 Å². The van der Waals surface area contributed by atoms with Gasteiger partial charge in [0.15, 0.2) is 0 Å². The Kier molecular flexibility index (Phi) is 7.57. The second kappa shape index (κ2) is 8.67.